The van der Waals surface area contributed by atoms with Gasteiger partial charge in [0.1, 0.15) is 6.54 Å². The number of hydrogen-bond donors (Lipinski definition) is 3. The van der Waals surface area contributed by atoms with Gasteiger partial charge in [0.2, 0.25) is 5.91 Å². The van der Waals surface area contributed by atoms with Gasteiger partial charge in [-0.25, -0.2) is 4.99 Å². The molecule has 0 radical (unpaired) electrons. The number of carbonyl (C=O) groups is 1. The third kappa shape index (κ3) is 10.1. The van der Waals surface area contributed by atoms with Crippen molar-refractivity contribution in [3.8, 4) is 0 Å². The number of nitrogens with one attached hydrogen (secondary N) is 1. The van der Waals surface area contributed by atoms with Crippen molar-refractivity contribution < 1.29 is 9.79 Å². The summed E-state index contributed by atoms with van der Waals surface area (Å²) in [5, 5.41) is 0. The third-order valence-corrected chi connectivity index (χ3v) is 4.76. The molecule has 0 aliphatic rings. The number of benzene rings is 1. The maximum atomic E-state index is 12.0. The molecule has 0 aliphatic heterocycles. The number of hydrogen-bond acceptors (Lipinski definition) is 4. The second kappa shape index (κ2) is 14.7. The molecule has 1 rings (SSSR count). The molecule has 1 atom stereocenters. The largest absolute Gasteiger partial charge is 0.375 e. The Hall–Kier alpha value is -2.31. The fourth-order valence-electron chi connectivity index (χ4n) is 2.59. The number of anilines is 1. The number of allylic oxidation sites excluding steroid dienone is 5. The van der Waals surface area contributed by atoms with Crippen LogP contribution in [-0.4, -0.2) is 62.5 Å². The van der Waals surface area contributed by atoms with E-state index in [1.807, 2.05) is 36.6 Å². The number of thiol groups is 1. The maximum absolute atomic E-state index is 12.0. The van der Waals surface area contributed by atoms with Crippen molar-refractivity contribution in [1.29, 1.82) is 0 Å². The summed E-state index contributed by atoms with van der Waals surface area (Å²) in [6.45, 7) is 4.54. The number of nitrogens with zero attached hydrogens (tertiary/aromatic N) is 2. The molecule has 0 saturated heterocycles. The Labute approximate surface area is 181 Å². The van der Waals surface area contributed by atoms with Crippen LogP contribution in [-0.2, 0) is 4.79 Å². The van der Waals surface area contributed by atoms with E-state index in [2.05, 4.69) is 66.8 Å². The van der Waals surface area contributed by atoms with Gasteiger partial charge in [0, 0.05) is 44.7 Å². The van der Waals surface area contributed by atoms with Crippen LogP contribution in [0.2, 0.25) is 0 Å². The van der Waals surface area contributed by atoms with Crippen LogP contribution in [0.5, 0.6) is 0 Å². The van der Waals surface area contributed by atoms with E-state index in [9.17, 15) is 4.79 Å². The highest BCUT2D eigenvalue weighted by atomic mass is 32.1. The molecular formula is C23H35N4OS+. The lowest BCUT2D eigenvalue weighted by Gasteiger charge is -2.23. The van der Waals surface area contributed by atoms with Gasteiger partial charge in [-0.15, -0.1) is 0 Å². The molecule has 0 spiro atoms. The Balaban J connectivity index is 2.43. The maximum Gasteiger partial charge on any atom is 0.240 e. The molecule has 0 aromatic heterocycles. The summed E-state index contributed by atoms with van der Waals surface area (Å²) in [7, 11) is 3.85. The molecule has 6 heteroatoms. The lowest BCUT2D eigenvalue weighted by atomic mass is 10.2. The van der Waals surface area contributed by atoms with Crippen LogP contribution in [0.15, 0.2) is 54.6 Å². The molecule has 1 amide bonds. The van der Waals surface area contributed by atoms with Crippen LogP contribution < -0.4 is 15.6 Å². The van der Waals surface area contributed by atoms with E-state index in [1.54, 1.807) is 11.9 Å². The summed E-state index contributed by atoms with van der Waals surface area (Å²) >= 11 is 4.08. The van der Waals surface area contributed by atoms with Crippen molar-refractivity contribution >= 4 is 36.5 Å². The van der Waals surface area contributed by atoms with Gasteiger partial charge in [-0.3, -0.25) is 4.79 Å². The SMILES string of the molecule is CC[NH+]=C\C=C/C=C/C=C/c1ccc(N(C)CCCN(C)C(=O)C(N)CS)cc1. The van der Waals surface area contributed by atoms with Crippen molar-refractivity contribution in [2.24, 2.45) is 5.73 Å². The summed E-state index contributed by atoms with van der Waals surface area (Å²) in [5.41, 5.74) is 8.04. The molecule has 29 heavy (non-hydrogen) atoms. The summed E-state index contributed by atoms with van der Waals surface area (Å²) in [6, 6.07) is 7.91. The normalized spacial score (nSPS) is 13.1. The molecule has 0 saturated carbocycles. The Kier molecular flexibility index (Phi) is 12.5. The molecule has 1 unspecified atom stereocenters. The first-order valence-corrected chi connectivity index (χ1v) is 10.6. The highest BCUT2D eigenvalue weighted by Crippen LogP contribution is 2.15. The fourth-order valence-corrected chi connectivity index (χ4v) is 2.74. The van der Waals surface area contributed by atoms with E-state index < -0.39 is 6.04 Å². The smallest absolute Gasteiger partial charge is 0.240 e. The van der Waals surface area contributed by atoms with Crippen LogP contribution >= 0.6 is 12.6 Å². The van der Waals surface area contributed by atoms with Gasteiger partial charge in [0.25, 0.3) is 0 Å². The number of rotatable bonds is 12. The zero-order chi connectivity index (χ0) is 21.5. The van der Waals surface area contributed by atoms with Gasteiger partial charge in [-0.1, -0.05) is 42.5 Å². The summed E-state index contributed by atoms with van der Waals surface area (Å²) < 4.78 is 0. The van der Waals surface area contributed by atoms with Crippen LogP contribution in [0.25, 0.3) is 6.08 Å². The molecule has 0 fully saturated rings. The average Bonchev–Trinajstić information content (AvgIpc) is 2.74. The second-order valence-electron chi connectivity index (χ2n) is 6.77. The number of amides is 1. The summed E-state index contributed by atoms with van der Waals surface area (Å²) in [6.07, 6.45) is 14.9. The molecular weight excluding hydrogens is 380 g/mol. The number of carbonyl (C=O) groups excluding carboxylic acids is 1. The fraction of sp³-hybridized carbons (Fsp3) is 0.391. The molecule has 158 valence electrons. The molecule has 1 aromatic carbocycles. The van der Waals surface area contributed by atoms with Crippen molar-refractivity contribution in [2.75, 3.05) is 44.4 Å². The Bertz CT molecular complexity index is 710. The summed E-state index contributed by atoms with van der Waals surface area (Å²) in [4.78, 5) is 19.0. The molecule has 5 nitrogen and oxygen atoms in total. The minimum Gasteiger partial charge on any atom is -0.375 e. The molecule has 1 aromatic rings. The van der Waals surface area contributed by atoms with Crippen LogP contribution in [0, 0.1) is 0 Å². The van der Waals surface area contributed by atoms with E-state index >= 15 is 0 Å². The second-order valence-corrected chi connectivity index (χ2v) is 7.13. The van der Waals surface area contributed by atoms with Crippen molar-refractivity contribution in [1.82, 2.24) is 4.90 Å². The number of nitrogens with two attached hydrogens (primary N) is 1. The first-order chi connectivity index (χ1) is 14.0. The van der Waals surface area contributed by atoms with Gasteiger partial charge < -0.3 is 15.5 Å². The molecule has 0 bridgehead atoms. The highest BCUT2D eigenvalue weighted by molar-refractivity contribution is 7.80. The predicted molar refractivity (Wildman–Crippen MR) is 129 cm³/mol. The van der Waals surface area contributed by atoms with E-state index in [0.29, 0.717) is 12.3 Å². The van der Waals surface area contributed by atoms with Crippen molar-refractivity contribution in [3.05, 3.63) is 60.2 Å². The van der Waals surface area contributed by atoms with Gasteiger partial charge in [0.05, 0.1) is 6.04 Å². The first-order valence-electron chi connectivity index (χ1n) is 9.98. The minimum atomic E-state index is -0.524. The van der Waals surface area contributed by atoms with Crippen LogP contribution in [0.1, 0.15) is 18.9 Å². The topological polar surface area (TPSA) is 63.5 Å². The van der Waals surface area contributed by atoms with Gasteiger partial charge in [0.15, 0.2) is 6.21 Å². The van der Waals surface area contributed by atoms with E-state index in [0.717, 1.165) is 30.8 Å². The van der Waals surface area contributed by atoms with Gasteiger partial charge in [-0.05, 0) is 31.0 Å². The molecule has 0 heterocycles. The quantitative estimate of drug-likeness (QED) is 0.276. The lowest BCUT2D eigenvalue weighted by Crippen LogP contribution is -2.67. The van der Waals surface area contributed by atoms with Crippen molar-refractivity contribution in [2.45, 2.75) is 19.4 Å². The third-order valence-electron chi connectivity index (χ3n) is 4.36. The van der Waals surface area contributed by atoms with Crippen LogP contribution in [0.4, 0.5) is 5.69 Å². The highest BCUT2D eigenvalue weighted by Gasteiger charge is 2.16. The standard InChI is InChI=1S/C23H34N4OS/c1-4-25-16-9-7-5-6-8-11-20-12-14-21(15-13-20)26(2)17-10-18-27(3)23(28)22(24)19-29/h5-9,11-16,22,29H,4,10,17-19,24H2,1-3H3/p+1/b6-5+,9-7-,11-8+,25-16?. The Morgan fingerprint density at radius 2 is 1.76 bits per heavy atom. The molecule has 3 N–H and O–H groups in total. The lowest BCUT2D eigenvalue weighted by molar-refractivity contribution is -0.446. The van der Waals surface area contributed by atoms with E-state index in [1.165, 1.54) is 0 Å². The van der Waals surface area contributed by atoms with E-state index in [4.69, 9.17) is 5.73 Å². The zero-order valence-electron chi connectivity index (χ0n) is 17.8. The molecule has 0 aliphatic carbocycles. The average molecular weight is 416 g/mol. The predicted octanol–water partition coefficient (Wildman–Crippen LogP) is 1.53. The minimum absolute atomic E-state index is 0.0564. The van der Waals surface area contributed by atoms with Gasteiger partial charge >= 0.3 is 0 Å². The van der Waals surface area contributed by atoms with E-state index in [-0.39, 0.29) is 5.91 Å². The van der Waals surface area contributed by atoms with Crippen molar-refractivity contribution in [3.63, 3.8) is 0 Å². The Morgan fingerprint density at radius 1 is 1.10 bits per heavy atom. The van der Waals surface area contributed by atoms with Crippen LogP contribution in [0.3, 0.4) is 0 Å². The zero-order valence-corrected chi connectivity index (χ0v) is 18.7. The number of likely N-dealkylation sites (N-methyl/N-ethyl adjacent to an activating group) is 1. The summed E-state index contributed by atoms with van der Waals surface area (Å²) in [5.74, 6) is 0.310. The first kappa shape index (κ1) is 24.7. The Morgan fingerprint density at radius 3 is 2.41 bits per heavy atom. The monoisotopic (exact) mass is 415 g/mol. The van der Waals surface area contributed by atoms with Gasteiger partial charge in [-0.2, -0.15) is 12.6 Å².